The first-order valence-corrected chi connectivity index (χ1v) is 4.23. The summed E-state index contributed by atoms with van der Waals surface area (Å²) in [7, 11) is 1.29. The first-order chi connectivity index (χ1) is 6.16. The van der Waals surface area contributed by atoms with Gasteiger partial charge in [-0.25, -0.2) is 4.79 Å². The second kappa shape index (κ2) is 6.74. The molecular formula is C9H12KNO3. The van der Waals surface area contributed by atoms with Gasteiger partial charge in [0, 0.05) is 5.57 Å². The van der Waals surface area contributed by atoms with Gasteiger partial charge in [-0.15, -0.1) is 0 Å². The summed E-state index contributed by atoms with van der Waals surface area (Å²) in [5, 5.41) is 0. The van der Waals surface area contributed by atoms with Crippen LogP contribution in [0.15, 0.2) is 11.1 Å². The van der Waals surface area contributed by atoms with E-state index in [1.165, 1.54) is 7.11 Å². The van der Waals surface area contributed by atoms with Crippen LogP contribution < -0.4 is 51.4 Å². The van der Waals surface area contributed by atoms with Crippen molar-refractivity contribution >= 4 is 11.9 Å². The molecule has 1 rings (SSSR count). The van der Waals surface area contributed by atoms with E-state index in [-0.39, 0.29) is 51.4 Å². The average Bonchev–Trinajstić information content (AvgIpc) is 2.16. The normalized spacial score (nSPS) is 15.8. The number of carbonyl (C=O) groups is 2. The molecule has 1 aliphatic carbocycles. The van der Waals surface area contributed by atoms with E-state index < -0.39 is 11.9 Å². The quantitative estimate of drug-likeness (QED) is 0.426. The van der Waals surface area contributed by atoms with E-state index in [0.717, 1.165) is 12.8 Å². The van der Waals surface area contributed by atoms with Crippen LogP contribution in [0, 0.1) is 0 Å². The van der Waals surface area contributed by atoms with Crippen molar-refractivity contribution in [1.29, 1.82) is 0 Å². The smallest absolute Gasteiger partial charge is 0.664 e. The molecule has 0 spiro atoms. The molecule has 0 unspecified atom stereocenters. The van der Waals surface area contributed by atoms with E-state index in [9.17, 15) is 9.59 Å². The molecule has 0 aromatic heterocycles. The summed E-state index contributed by atoms with van der Waals surface area (Å²) >= 11 is 0. The molecule has 1 aliphatic rings. The zero-order chi connectivity index (χ0) is 9.84. The zero-order valence-electron chi connectivity index (χ0n) is 8.55. The fourth-order valence-electron chi connectivity index (χ4n) is 1.50. The second-order valence-corrected chi connectivity index (χ2v) is 2.98. The fraction of sp³-hybridized carbons (Fsp3) is 0.556. The Morgan fingerprint density at radius 2 is 1.71 bits per heavy atom. The van der Waals surface area contributed by atoms with Crippen molar-refractivity contribution in [3.05, 3.63) is 16.9 Å². The minimum atomic E-state index is -0.750. The number of hydrogen-bond acceptors (Lipinski definition) is 3. The average molecular weight is 221 g/mol. The minimum Gasteiger partial charge on any atom is -0.664 e. The Morgan fingerprint density at radius 3 is 2.14 bits per heavy atom. The predicted octanol–water partition coefficient (Wildman–Crippen LogP) is -1.39. The maximum atomic E-state index is 11.2. The van der Waals surface area contributed by atoms with Crippen molar-refractivity contribution in [1.82, 2.24) is 0 Å². The molecule has 0 atom stereocenters. The van der Waals surface area contributed by atoms with Gasteiger partial charge in [0.05, 0.1) is 13.0 Å². The van der Waals surface area contributed by atoms with Crippen molar-refractivity contribution in [3.8, 4) is 0 Å². The van der Waals surface area contributed by atoms with E-state index in [2.05, 4.69) is 4.74 Å². The molecule has 0 aromatic rings. The molecule has 4 nitrogen and oxygen atoms in total. The number of rotatable bonds is 2. The summed E-state index contributed by atoms with van der Waals surface area (Å²) in [4.78, 5) is 22.0. The summed E-state index contributed by atoms with van der Waals surface area (Å²) in [6.07, 6.45) is 2.86. The number of carbonyl (C=O) groups excluding carboxylic acids is 2. The Balaban J connectivity index is 0.00000169. The Kier molecular flexibility index (Phi) is 6.89. The molecule has 0 saturated heterocycles. The number of hydrogen-bond donors (Lipinski definition) is 0. The first-order valence-electron chi connectivity index (χ1n) is 4.23. The molecule has 0 bridgehead atoms. The molecule has 0 heterocycles. The fourth-order valence-corrected chi connectivity index (χ4v) is 1.50. The molecule has 0 saturated carbocycles. The summed E-state index contributed by atoms with van der Waals surface area (Å²) in [5.74, 6) is -1.21. The molecule has 0 aromatic carbocycles. The van der Waals surface area contributed by atoms with Crippen molar-refractivity contribution in [2.24, 2.45) is 0 Å². The monoisotopic (exact) mass is 221 g/mol. The van der Waals surface area contributed by atoms with E-state index in [0.29, 0.717) is 24.0 Å². The number of methoxy groups -OCH3 is 1. The standard InChI is InChI=1S/C9H13NO3.K/c1-13-9(12)7-5-3-2-4-6(7)8(10)11;/h2-5H2,1H3,(H2,10,11);/q;+1/p-1. The van der Waals surface area contributed by atoms with Gasteiger partial charge in [-0.1, -0.05) is 0 Å². The second-order valence-electron chi connectivity index (χ2n) is 2.98. The van der Waals surface area contributed by atoms with Crippen LogP contribution in [0.3, 0.4) is 0 Å². The molecule has 72 valence electrons. The largest absolute Gasteiger partial charge is 1.00 e. The van der Waals surface area contributed by atoms with Crippen LogP contribution in [-0.2, 0) is 14.3 Å². The number of nitrogens with one attached hydrogen (secondary N) is 1. The van der Waals surface area contributed by atoms with Gasteiger partial charge < -0.3 is 15.3 Å². The van der Waals surface area contributed by atoms with Crippen LogP contribution in [0.25, 0.3) is 5.73 Å². The Labute approximate surface area is 126 Å². The number of amides is 1. The SMILES string of the molecule is COC(=O)C1=C(C([NH-])=O)CCCC1.[K+]. The minimum absolute atomic E-state index is 0. The first kappa shape index (κ1) is 14.3. The summed E-state index contributed by atoms with van der Waals surface area (Å²) in [6.45, 7) is 0. The molecule has 14 heavy (non-hydrogen) atoms. The third kappa shape index (κ3) is 3.47. The molecule has 0 fully saturated rings. The Bertz CT molecular complexity index is 273. The topological polar surface area (TPSA) is 67.2 Å². The van der Waals surface area contributed by atoms with E-state index >= 15 is 0 Å². The van der Waals surface area contributed by atoms with Crippen LogP contribution in [0.4, 0.5) is 0 Å². The van der Waals surface area contributed by atoms with Crippen molar-refractivity contribution < 1.29 is 65.7 Å². The van der Waals surface area contributed by atoms with E-state index in [1.807, 2.05) is 0 Å². The van der Waals surface area contributed by atoms with Crippen LogP contribution in [-0.4, -0.2) is 19.0 Å². The summed E-state index contributed by atoms with van der Waals surface area (Å²) in [5.41, 5.74) is 7.70. The van der Waals surface area contributed by atoms with Crippen LogP contribution in [0.1, 0.15) is 25.7 Å². The van der Waals surface area contributed by atoms with Gasteiger partial charge in [-0.3, -0.25) is 0 Å². The molecule has 0 aliphatic heterocycles. The third-order valence-electron chi connectivity index (χ3n) is 2.17. The molecule has 1 N–H and O–H groups in total. The molecule has 1 amide bonds. The maximum absolute atomic E-state index is 11.2. The van der Waals surface area contributed by atoms with Gasteiger partial charge in [0.25, 0.3) is 0 Å². The summed E-state index contributed by atoms with van der Waals surface area (Å²) < 4.78 is 4.54. The van der Waals surface area contributed by atoms with Gasteiger partial charge in [0.1, 0.15) is 0 Å². The molecule has 0 radical (unpaired) electrons. The number of ether oxygens (including phenoxy) is 1. The van der Waals surface area contributed by atoms with Gasteiger partial charge >= 0.3 is 57.4 Å². The van der Waals surface area contributed by atoms with Crippen LogP contribution >= 0.6 is 0 Å². The predicted molar refractivity (Wildman–Crippen MR) is 46.8 cm³/mol. The Morgan fingerprint density at radius 1 is 1.21 bits per heavy atom. The molecular weight excluding hydrogens is 209 g/mol. The van der Waals surface area contributed by atoms with Gasteiger partial charge in [-0.2, -0.15) is 0 Å². The van der Waals surface area contributed by atoms with Gasteiger partial charge in [0.2, 0.25) is 0 Å². The van der Waals surface area contributed by atoms with E-state index in [1.54, 1.807) is 0 Å². The van der Waals surface area contributed by atoms with Crippen molar-refractivity contribution in [2.75, 3.05) is 7.11 Å². The maximum Gasteiger partial charge on any atom is 1.00 e. The van der Waals surface area contributed by atoms with Crippen LogP contribution in [0.2, 0.25) is 0 Å². The number of esters is 1. The van der Waals surface area contributed by atoms with Crippen molar-refractivity contribution in [2.45, 2.75) is 25.7 Å². The summed E-state index contributed by atoms with van der Waals surface area (Å²) in [6, 6.07) is 0. The van der Waals surface area contributed by atoms with E-state index in [4.69, 9.17) is 5.73 Å². The van der Waals surface area contributed by atoms with Gasteiger partial charge in [-0.05, 0) is 31.3 Å². The van der Waals surface area contributed by atoms with Crippen molar-refractivity contribution in [3.63, 3.8) is 0 Å². The Hall–Kier alpha value is 0.316. The zero-order valence-corrected chi connectivity index (χ0v) is 11.7. The van der Waals surface area contributed by atoms with Crippen LogP contribution in [0.5, 0.6) is 0 Å². The molecule has 5 heteroatoms. The van der Waals surface area contributed by atoms with Gasteiger partial charge in [0.15, 0.2) is 0 Å². The third-order valence-corrected chi connectivity index (χ3v) is 2.17.